The Hall–Kier alpha value is -0.840. The summed E-state index contributed by atoms with van der Waals surface area (Å²) in [6.07, 6.45) is 2.45. The minimum absolute atomic E-state index is 0. The maximum Gasteiger partial charge on any atom is 0.165 e. The lowest BCUT2D eigenvalue weighted by molar-refractivity contribution is 0.0887. The Morgan fingerprint density at radius 2 is 2.15 bits per heavy atom. The van der Waals surface area contributed by atoms with Crippen LogP contribution < -0.4 is 10.5 Å². The first-order valence-corrected chi connectivity index (χ1v) is 7.04. The second kappa shape index (κ2) is 8.45. The van der Waals surface area contributed by atoms with Gasteiger partial charge in [-0.3, -0.25) is 4.90 Å². The number of nitrogens with zero attached hydrogens (tertiary/aromatic N) is 1. The third kappa shape index (κ3) is 4.33. The Bertz CT molecular complexity index is 405. The van der Waals surface area contributed by atoms with Gasteiger partial charge in [0.2, 0.25) is 0 Å². The van der Waals surface area contributed by atoms with Crippen LogP contribution in [-0.2, 0) is 0 Å². The first-order valence-electron chi connectivity index (χ1n) is 7.04. The number of ether oxygens (including phenoxy) is 1. The number of hydrogen-bond acceptors (Lipinski definition) is 3. The van der Waals surface area contributed by atoms with Gasteiger partial charge in [0.15, 0.2) is 11.6 Å². The van der Waals surface area contributed by atoms with Crippen molar-refractivity contribution in [3.05, 3.63) is 30.1 Å². The van der Waals surface area contributed by atoms with Crippen molar-refractivity contribution in [3.8, 4) is 5.75 Å². The molecule has 2 N–H and O–H groups in total. The normalized spacial score (nSPS) is 23.1. The number of para-hydroxylation sites is 1. The van der Waals surface area contributed by atoms with Crippen molar-refractivity contribution >= 4 is 12.4 Å². The van der Waals surface area contributed by atoms with Crippen molar-refractivity contribution in [1.29, 1.82) is 0 Å². The van der Waals surface area contributed by atoms with E-state index in [1.54, 1.807) is 18.2 Å². The molecule has 5 heteroatoms. The molecular formula is C15H24ClFN2O. The molecule has 0 amide bonds. The van der Waals surface area contributed by atoms with E-state index in [4.69, 9.17) is 10.5 Å². The molecule has 1 aliphatic heterocycles. The number of halogens is 2. The highest BCUT2D eigenvalue weighted by molar-refractivity contribution is 5.85. The van der Waals surface area contributed by atoms with Gasteiger partial charge in [0, 0.05) is 19.1 Å². The molecule has 0 saturated carbocycles. The number of benzene rings is 1. The van der Waals surface area contributed by atoms with E-state index in [-0.39, 0.29) is 18.2 Å². The van der Waals surface area contributed by atoms with E-state index in [9.17, 15) is 4.39 Å². The van der Waals surface area contributed by atoms with Crippen LogP contribution in [0.1, 0.15) is 19.8 Å². The summed E-state index contributed by atoms with van der Waals surface area (Å²) >= 11 is 0. The van der Waals surface area contributed by atoms with Gasteiger partial charge in [-0.25, -0.2) is 4.39 Å². The van der Waals surface area contributed by atoms with E-state index >= 15 is 0 Å². The maximum atomic E-state index is 13.4. The van der Waals surface area contributed by atoms with Crippen LogP contribution in [0.15, 0.2) is 24.3 Å². The lowest BCUT2D eigenvalue weighted by Crippen LogP contribution is -2.49. The van der Waals surface area contributed by atoms with Crippen molar-refractivity contribution in [3.63, 3.8) is 0 Å². The molecule has 2 unspecified atom stereocenters. The zero-order valence-corrected chi connectivity index (χ0v) is 12.7. The molecule has 2 atom stereocenters. The standard InChI is InChI=1S/C15H23FN2O.ClH/c1-12-5-4-8-18(14(12)11-17)9-10-19-15-7-3-2-6-13(15)16;/h2-3,6-7,12,14H,4-5,8-11,17H2,1H3;1H. The quantitative estimate of drug-likeness (QED) is 0.909. The predicted molar refractivity (Wildman–Crippen MR) is 82.0 cm³/mol. The molecule has 2 rings (SSSR count). The summed E-state index contributed by atoms with van der Waals surface area (Å²) in [6, 6.07) is 6.96. The van der Waals surface area contributed by atoms with Crippen molar-refractivity contribution in [2.24, 2.45) is 11.7 Å². The van der Waals surface area contributed by atoms with Crippen molar-refractivity contribution in [1.82, 2.24) is 4.90 Å². The largest absolute Gasteiger partial charge is 0.489 e. The molecule has 0 bridgehead atoms. The fourth-order valence-corrected chi connectivity index (χ4v) is 2.83. The highest BCUT2D eigenvalue weighted by atomic mass is 35.5. The highest BCUT2D eigenvalue weighted by Crippen LogP contribution is 2.22. The topological polar surface area (TPSA) is 38.5 Å². The van der Waals surface area contributed by atoms with E-state index in [0.29, 0.717) is 30.9 Å². The molecular weight excluding hydrogens is 279 g/mol. The average Bonchev–Trinajstić information content (AvgIpc) is 2.41. The van der Waals surface area contributed by atoms with Crippen LogP contribution in [0.2, 0.25) is 0 Å². The van der Waals surface area contributed by atoms with E-state index in [1.807, 2.05) is 0 Å². The fraction of sp³-hybridized carbons (Fsp3) is 0.600. The summed E-state index contributed by atoms with van der Waals surface area (Å²) in [5.74, 6) is 0.661. The van der Waals surface area contributed by atoms with E-state index in [2.05, 4.69) is 11.8 Å². The molecule has 0 radical (unpaired) electrons. The Morgan fingerprint density at radius 3 is 2.85 bits per heavy atom. The minimum Gasteiger partial charge on any atom is -0.489 e. The molecule has 1 fully saturated rings. The smallest absolute Gasteiger partial charge is 0.165 e. The molecule has 114 valence electrons. The van der Waals surface area contributed by atoms with Gasteiger partial charge in [0.1, 0.15) is 6.61 Å². The number of rotatable bonds is 5. The zero-order chi connectivity index (χ0) is 13.7. The molecule has 1 heterocycles. The Morgan fingerprint density at radius 1 is 1.40 bits per heavy atom. The summed E-state index contributed by atoms with van der Waals surface area (Å²) in [5.41, 5.74) is 5.85. The summed E-state index contributed by atoms with van der Waals surface area (Å²) in [6.45, 7) is 5.31. The summed E-state index contributed by atoms with van der Waals surface area (Å²) in [7, 11) is 0. The molecule has 20 heavy (non-hydrogen) atoms. The van der Waals surface area contributed by atoms with Gasteiger partial charge in [-0.15, -0.1) is 12.4 Å². The third-order valence-corrected chi connectivity index (χ3v) is 3.94. The maximum absolute atomic E-state index is 13.4. The number of piperidine rings is 1. The zero-order valence-electron chi connectivity index (χ0n) is 11.9. The van der Waals surface area contributed by atoms with Crippen molar-refractivity contribution in [2.45, 2.75) is 25.8 Å². The first kappa shape index (κ1) is 17.2. The average molecular weight is 303 g/mol. The lowest BCUT2D eigenvalue weighted by atomic mass is 9.91. The third-order valence-electron chi connectivity index (χ3n) is 3.94. The minimum atomic E-state index is -0.301. The van der Waals surface area contributed by atoms with Crippen LogP contribution >= 0.6 is 12.4 Å². The monoisotopic (exact) mass is 302 g/mol. The van der Waals surface area contributed by atoms with Crippen LogP contribution in [0.25, 0.3) is 0 Å². The SMILES string of the molecule is CC1CCCN(CCOc2ccccc2F)C1CN.Cl. The van der Waals surface area contributed by atoms with Crippen molar-refractivity contribution in [2.75, 3.05) is 26.2 Å². The van der Waals surface area contributed by atoms with Crippen molar-refractivity contribution < 1.29 is 9.13 Å². The predicted octanol–water partition coefficient (Wildman–Crippen LogP) is 2.69. The molecule has 1 aromatic carbocycles. The Balaban J connectivity index is 0.00000200. The number of hydrogen-bond donors (Lipinski definition) is 1. The van der Waals surface area contributed by atoms with Gasteiger partial charge in [-0.2, -0.15) is 0 Å². The summed E-state index contributed by atoms with van der Waals surface area (Å²) < 4.78 is 18.9. The van der Waals surface area contributed by atoms with E-state index in [1.165, 1.54) is 18.9 Å². The first-order chi connectivity index (χ1) is 9.22. The van der Waals surface area contributed by atoms with Crippen LogP contribution in [0.4, 0.5) is 4.39 Å². The van der Waals surface area contributed by atoms with Gasteiger partial charge in [0.05, 0.1) is 0 Å². The highest BCUT2D eigenvalue weighted by Gasteiger charge is 2.26. The van der Waals surface area contributed by atoms with E-state index in [0.717, 1.165) is 13.1 Å². The van der Waals surface area contributed by atoms with Crippen LogP contribution in [-0.4, -0.2) is 37.2 Å². The number of nitrogens with two attached hydrogens (primary N) is 1. The second-order valence-electron chi connectivity index (χ2n) is 5.24. The summed E-state index contributed by atoms with van der Waals surface area (Å²) in [5, 5.41) is 0. The fourth-order valence-electron chi connectivity index (χ4n) is 2.83. The van der Waals surface area contributed by atoms with E-state index < -0.39 is 0 Å². The van der Waals surface area contributed by atoms with Gasteiger partial charge in [0.25, 0.3) is 0 Å². The molecule has 1 saturated heterocycles. The van der Waals surface area contributed by atoms with Crippen LogP contribution in [0, 0.1) is 11.7 Å². The Kier molecular flexibility index (Phi) is 7.27. The van der Waals surface area contributed by atoms with Gasteiger partial charge in [-0.1, -0.05) is 19.1 Å². The Labute approximate surface area is 126 Å². The molecule has 0 aromatic heterocycles. The van der Waals surface area contributed by atoms with Gasteiger partial charge >= 0.3 is 0 Å². The summed E-state index contributed by atoms with van der Waals surface area (Å²) in [4.78, 5) is 2.37. The molecule has 0 aliphatic carbocycles. The number of likely N-dealkylation sites (tertiary alicyclic amines) is 1. The molecule has 3 nitrogen and oxygen atoms in total. The van der Waals surface area contributed by atoms with Gasteiger partial charge < -0.3 is 10.5 Å². The molecule has 1 aliphatic rings. The van der Waals surface area contributed by atoms with Crippen LogP contribution in [0.3, 0.4) is 0 Å². The molecule has 0 spiro atoms. The second-order valence-corrected chi connectivity index (χ2v) is 5.24. The molecule has 1 aromatic rings. The van der Waals surface area contributed by atoms with Gasteiger partial charge in [-0.05, 0) is 37.4 Å². The lowest BCUT2D eigenvalue weighted by Gasteiger charge is -2.39. The van der Waals surface area contributed by atoms with Crippen LogP contribution in [0.5, 0.6) is 5.75 Å².